The van der Waals surface area contributed by atoms with Gasteiger partial charge in [0.25, 0.3) is 11.7 Å². The average Bonchev–Trinajstić information content (AvgIpc) is 3.05. The van der Waals surface area contributed by atoms with E-state index in [0.29, 0.717) is 22.5 Å². The molecule has 1 atom stereocenters. The number of aliphatic hydroxyl groups is 1. The number of benzene rings is 3. The first-order valence-electron chi connectivity index (χ1n) is 9.86. The van der Waals surface area contributed by atoms with Gasteiger partial charge in [-0.15, -0.1) is 0 Å². The van der Waals surface area contributed by atoms with Gasteiger partial charge in [-0.05, 0) is 42.0 Å². The zero-order valence-corrected chi connectivity index (χ0v) is 17.1. The summed E-state index contributed by atoms with van der Waals surface area (Å²) in [5.41, 5.74) is 1.69. The highest BCUT2D eigenvalue weighted by atomic mass is 19.1. The van der Waals surface area contributed by atoms with Crippen molar-refractivity contribution in [3.8, 4) is 0 Å². The molecular weight excluding hydrogens is 411 g/mol. The molecular formula is C25H19FN2O4. The van der Waals surface area contributed by atoms with Gasteiger partial charge in [0, 0.05) is 23.9 Å². The summed E-state index contributed by atoms with van der Waals surface area (Å²) >= 11 is 0. The summed E-state index contributed by atoms with van der Waals surface area (Å²) in [5.74, 6) is -2.67. The van der Waals surface area contributed by atoms with Crippen LogP contribution in [-0.4, -0.2) is 22.7 Å². The highest BCUT2D eigenvalue weighted by Gasteiger charge is 2.46. The van der Waals surface area contributed by atoms with Gasteiger partial charge >= 0.3 is 0 Å². The lowest BCUT2D eigenvalue weighted by Crippen LogP contribution is -2.29. The molecule has 0 radical (unpaired) electrons. The Hall–Kier alpha value is -4.26. The van der Waals surface area contributed by atoms with Crippen LogP contribution in [0.5, 0.6) is 0 Å². The van der Waals surface area contributed by atoms with Crippen molar-refractivity contribution in [2.75, 3.05) is 10.2 Å². The number of aliphatic hydroxyl groups excluding tert-OH is 1. The Morgan fingerprint density at radius 3 is 2.16 bits per heavy atom. The van der Waals surface area contributed by atoms with Crippen molar-refractivity contribution in [1.29, 1.82) is 0 Å². The summed E-state index contributed by atoms with van der Waals surface area (Å²) in [4.78, 5) is 38.6. The van der Waals surface area contributed by atoms with E-state index >= 15 is 0 Å². The van der Waals surface area contributed by atoms with Crippen molar-refractivity contribution >= 4 is 34.7 Å². The molecule has 2 N–H and O–H groups in total. The molecule has 3 aromatic rings. The van der Waals surface area contributed by atoms with Gasteiger partial charge in [-0.25, -0.2) is 4.39 Å². The van der Waals surface area contributed by atoms with Gasteiger partial charge in [0.05, 0.1) is 11.6 Å². The number of Topliss-reactive ketones (excluding diaryl/α,β-unsaturated/α-hetero) is 1. The van der Waals surface area contributed by atoms with E-state index in [2.05, 4.69) is 5.32 Å². The minimum Gasteiger partial charge on any atom is -0.507 e. The topological polar surface area (TPSA) is 86.7 Å². The Labute approximate surface area is 183 Å². The zero-order valence-electron chi connectivity index (χ0n) is 17.1. The first kappa shape index (κ1) is 21.0. The third kappa shape index (κ3) is 3.88. The van der Waals surface area contributed by atoms with Crippen molar-refractivity contribution in [1.82, 2.24) is 0 Å². The van der Waals surface area contributed by atoms with Crippen LogP contribution >= 0.6 is 0 Å². The first-order chi connectivity index (χ1) is 15.4. The maximum atomic E-state index is 13.6. The molecule has 0 spiro atoms. The SMILES string of the molecule is CC(=O)Nc1ccc(N2C(=O)C(=O)/C(=C(/O)c3ccccc3)C2c2ccc(F)cc2)cc1. The zero-order chi connectivity index (χ0) is 22.8. The quantitative estimate of drug-likeness (QED) is 0.365. The molecule has 0 saturated carbocycles. The fourth-order valence-electron chi connectivity index (χ4n) is 3.72. The van der Waals surface area contributed by atoms with Crippen LogP contribution in [-0.2, 0) is 14.4 Å². The molecule has 160 valence electrons. The van der Waals surface area contributed by atoms with Crippen LogP contribution < -0.4 is 10.2 Å². The molecule has 2 amide bonds. The number of ketones is 1. The van der Waals surface area contributed by atoms with E-state index in [-0.39, 0.29) is 17.2 Å². The monoisotopic (exact) mass is 430 g/mol. The van der Waals surface area contributed by atoms with Gasteiger partial charge in [0.15, 0.2) is 0 Å². The lowest BCUT2D eigenvalue weighted by molar-refractivity contribution is -0.132. The van der Waals surface area contributed by atoms with E-state index in [1.165, 1.54) is 36.1 Å². The second-order valence-electron chi connectivity index (χ2n) is 7.31. The van der Waals surface area contributed by atoms with E-state index in [9.17, 15) is 23.9 Å². The molecule has 7 heteroatoms. The highest BCUT2D eigenvalue weighted by Crippen LogP contribution is 2.42. The van der Waals surface area contributed by atoms with Crippen molar-refractivity contribution in [3.63, 3.8) is 0 Å². The largest absolute Gasteiger partial charge is 0.507 e. The molecule has 1 aliphatic heterocycles. The van der Waals surface area contributed by atoms with Gasteiger partial charge in [0.2, 0.25) is 5.91 Å². The number of nitrogens with one attached hydrogen (secondary N) is 1. The van der Waals surface area contributed by atoms with E-state index in [4.69, 9.17) is 0 Å². The van der Waals surface area contributed by atoms with E-state index in [1.807, 2.05) is 0 Å². The lowest BCUT2D eigenvalue weighted by Gasteiger charge is -2.25. The average molecular weight is 430 g/mol. The number of carbonyl (C=O) groups is 3. The predicted octanol–water partition coefficient (Wildman–Crippen LogP) is 4.41. The standard InChI is InChI=1S/C25H19FN2O4/c1-15(29)27-19-11-13-20(14-12-19)28-22(16-7-9-18(26)10-8-16)21(24(31)25(28)32)23(30)17-5-3-2-4-6-17/h2-14,22,30H,1H3,(H,27,29)/b23-21+. The number of amides is 2. The number of nitrogens with zero attached hydrogens (tertiary/aromatic N) is 1. The Bertz CT molecular complexity index is 1220. The summed E-state index contributed by atoms with van der Waals surface area (Å²) in [6.07, 6.45) is 0. The second-order valence-corrected chi connectivity index (χ2v) is 7.31. The molecule has 32 heavy (non-hydrogen) atoms. The summed E-state index contributed by atoms with van der Waals surface area (Å²) in [7, 11) is 0. The Morgan fingerprint density at radius 2 is 1.56 bits per heavy atom. The molecule has 1 fully saturated rings. The molecule has 6 nitrogen and oxygen atoms in total. The molecule has 4 rings (SSSR count). The third-order valence-electron chi connectivity index (χ3n) is 5.14. The number of rotatable bonds is 4. The molecule has 1 aliphatic rings. The molecule has 0 bridgehead atoms. The Kier molecular flexibility index (Phi) is 5.55. The second kappa shape index (κ2) is 8.47. The number of halogens is 1. The van der Waals surface area contributed by atoms with Crippen molar-refractivity contribution in [2.24, 2.45) is 0 Å². The van der Waals surface area contributed by atoms with Crippen LogP contribution in [0.3, 0.4) is 0 Å². The van der Waals surface area contributed by atoms with Crippen LogP contribution in [0.2, 0.25) is 0 Å². The summed E-state index contributed by atoms with van der Waals surface area (Å²) in [6, 6.07) is 19.3. The minimum atomic E-state index is -0.956. The maximum absolute atomic E-state index is 13.6. The van der Waals surface area contributed by atoms with Gasteiger partial charge in [-0.3, -0.25) is 19.3 Å². The Balaban J connectivity index is 1.87. The number of carbonyl (C=O) groups excluding carboxylic acids is 3. The highest BCUT2D eigenvalue weighted by molar-refractivity contribution is 6.51. The van der Waals surface area contributed by atoms with E-state index in [0.717, 1.165) is 0 Å². The van der Waals surface area contributed by atoms with Gasteiger partial charge in [-0.2, -0.15) is 0 Å². The van der Waals surface area contributed by atoms with Crippen LogP contribution in [0.25, 0.3) is 5.76 Å². The summed E-state index contributed by atoms with van der Waals surface area (Å²) < 4.78 is 13.6. The normalized spacial score (nSPS) is 17.4. The molecule has 0 aromatic heterocycles. The van der Waals surface area contributed by atoms with Gasteiger partial charge in [-0.1, -0.05) is 42.5 Å². The fraction of sp³-hybridized carbons (Fsp3) is 0.0800. The van der Waals surface area contributed by atoms with Crippen molar-refractivity contribution in [3.05, 3.63) is 101 Å². The fourth-order valence-corrected chi connectivity index (χ4v) is 3.72. The predicted molar refractivity (Wildman–Crippen MR) is 118 cm³/mol. The van der Waals surface area contributed by atoms with Gasteiger partial charge in [0.1, 0.15) is 11.6 Å². The van der Waals surface area contributed by atoms with E-state index in [1.54, 1.807) is 54.6 Å². The number of hydrogen-bond donors (Lipinski definition) is 2. The van der Waals surface area contributed by atoms with Gasteiger partial charge < -0.3 is 10.4 Å². The minimum absolute atomic E-state index is 0.0845. The maximum Gasteiger partial charge on any atom is 0.300 e. The van der Waals surface area contributed by atoms with Crippen LogP contribution in [0, 0.1) is 5.82 Å². The number of hydrogen-bond acceptors (Lipinski definition) is 4. The Morgan fingerprint density at radius 1 is 0.938 bits per heavy atom. The van der Waals surface area contributed by atoms with E-state index < -0.39 is 23.5 Å². The molecule has 1 unspecified atom stereocenters. The molecule has 0 aliphatic carbocycles. The van der Waals surface area contributed by atoms with Crippen molar-refractivity contribution < 1.29 is 23.9 Å². The summed E-state index contributed by atoms with van der Waals surface area (Å²) in [5, 5.41) is 13.6. The van der Waals surface area contributed by atoms with Crippen LogP contribution in [0.4, 0.5) is 15.8 Å². The molecule has 3 aromatic carbocycles. The van der Waals surface area contributed by atoms with Crippen LogP contribution in [0.1, 0.15) is 24.1 Å². The first-order valence-corrected chi connectivity index (χ1v) is 9.86. The smallest absolute Gasteiger partial charge is 0.300 e. The van der Waals surface area contributed by atoms with Crippen LogP contribution in [0.15, 0.2) is 84.4 Å². The number of anilines is 2. The molecule has 1 heterocycles. The van der Waals surface area contributed by atoms with Crippen molar-refractivity contribution in [2.45, 2.75) is 13.0 Å². The third-order valence-corrected chi connectivity index (χ3v) is 5.14. The molecule has 1 saturated heterocycles. The summed E-state index contributed by atoms with van der Waals surface area (Å²) in [6.45, 7) is 1.38. The lowest BCUT2D eigenvalue weighted by atomic mass is 9.95.